The van der Waals surface area contributed by atoms with E-state index in [1.165, 1.54) is 0 Å². The number of hydrogen-bond donors (Lipinski definition) is 1. The van der Waals surface area contributed by atoms with E-state index in [1.807, 2.05) is 24.3 Å². The van der Waals surface area contributed by atoms with Crippen molar-refractivity contribution in [2.24, 2.45) is 5.73 Å². The number of nitrogens with zero attached hydrogens (tertiary/aromatic N) is 3. The van der Waals surface area contributed by atoms with Crippen molar-refractivity contribution in [3.05, 3.63) is 53.1 Å². The predicted octanol–water partition coefficient (Wildman–Crippen LogP) is 3.92. The van der Waals surface area contributed by atoms with Crippen molar-refractivity contribution in [3.63, 3.8) is 0 Å². The SMILES string of the molecule is Cl.NC1(c2noc(CCc3ncc(-c4ccccc4Cl)o3)n2)CCC1. The van der Waals surface area contributed by atoms with Gasteiger partial charge in [0.25, 0.3) is 0 Å². The lowest BCUT2D eigenvalue weighted by Crippen LogP contribution is -2.44. The van der Waals surface area contributed by atoms with E-state index in [0.717, 1.165) is 24.8 Å². The van der Waals surface area contributed by atoms with Gasteiger partial charge in [0.15, 0.2) is 17.5 Å². The smallest absolute Gasteiger partial charge is 0.227 e. The molecule has 1 aromatic carbocycles. The number of rotatable bonds is 5. The normalized spacial score (nSPS) is 15.4. The first kappa shape index (κ1) is 17.9. The van der Waals surface area contributed by atoms with Gasteiger partial charge in [-0.3, -0.25) is 0 Å². The summed E-state index contributed by atoms with van der Waals surface area (Å²) >= 11 is 6.17. The van der Waals surface area contributed by atoms with Crippen LogP contribution in [0.1, 0.15) is 36.9 Å². The molecule has 0 aliphatic heterocycles. The van der Waals surface area contributed by atoms with Gasteiger partial charge in [0.05, 0.1) is 16.8 Å². The van der Waals surface area contributed by atoms with Crippen LogP contribution in [0.5, 0.6) is 0 Å². The Labute approximate surface area is 156 Å². The number of nitrogens with two attached hydrogens (primary N) is 1. The third-order valence-corrected chi connectivity index (χ3v) is 4.73. The molecule has 4 rings (SSSR count). The summed E-state index contributed by atoms with van der Waals surface area (Å²) < 4.78 is 11.1. The molecule has 2 heterocycles. The zero-order chi connectivity index (χ0) is 16.6. The second kappa shape index (κ2) is 7.15. The maximum atomic E-state index is 6.20. The topological polar surface area (TPSA) is 91.0 Å². The average molecular weight is 381 g/mol. The number of aromatic nitrogens is 3. The van der Waals surface area contributed by atoms with E-state index in [4.69, 9.17) is 26.3 Å². The van der Waals surface area contributed by atoms with E-state index >= 15 is 0 Å². The van der Waals surface area contributed by atoms with Crippen molar-refractivity contribution in [1.82, 2.24) is 15.1 Å². The molecule has 1 saturated carbocycles. The lowest BCUT2D eigenvalue weighted by molar-refractivity contribution is 0.229. The zero-order valence-corrected chi connectivity index (χ0v) is 15.0. The van der Waals surface area contributed by atoms with Crippen molar-refractivity contribution in [3.8, 4) is 11.3 Å². The highest BCUT2D eigenvalue weighted by Gasteiger charge is 2.38. The highest BCUT2D eigenvalue weighted by atomic mass is 35.5. The standard InChI is InChI=1S/C17H17ClN4O2.ClH/c18-12-5-2-1-4-11(12)13-10-20-14(23-13)6-7-15-21-16(22-24-15)17(19)8-3-9-17;/h1-2,4-5,10H,3,6-9,19H2;1H. The van der Waals surface area contributed by atoms with Crippen LogP contribution in [-0.2, 0) is 18.4 Å². The van der Waals surface area contributed by atoms with E-state index in [9.17, 15) is 0 Å². The van der Waals surface area contributed by atoms with Crippen LogP contribution in [0.4, 0.5) is 0 Å². The quantitative estimate of drug-likeness (QED) is 0.720. The minimum Gasteiger partial charge on any atom is -0.441 e. The van der Waals surface area contributed by atoms with Gasteiger partial charge in [-0.1, -0.05) is 28.9 Å². The van der Waals surface area contributed by atoms with E-state index in [1.54, 1.807) is 6.20 Å². The maximum absolute atomic E-state index is 6.20. The van der Waals surface area contributed by atoms with Crippen molar-refractivity contribution < 1.29 is 8.94 Å². The fourth-order valence-electron chi connectivity index (χ4n) is 2.77. The van der Waals surface area contributed by atoms with E-state index in [-0.39, 0.29) is 12.4 Å². The first-order valence-electron chi connectivity index (χ1n) is 7.96. The Morgan fingerprint density at radius 1 is 1.16 bits per heavy atom. The van der Waals surface area contributed by atoms with Crippen molar-refractivity contribution >= 4 is 24.0 Å². The predicted molar refractivity (Wildman–Crippen MR) is 95.6 cm³/mol. The summed E-state index contributed by atoms with van der Waals surface area (Å²) in [7, 11) is 0. The Kier molecular flexibility index (Phi) is 5.13. The molecule has 6 nitrogen and oxygen atoms in total. The molecule has 0 saturated heterocycles. The van der Waals surface area contributed by atoms with Gasteiger partial charge in [0.1, 0.15) is 0 Å². The van der Waals surface area contributed by atoms with Crippen LogP contribution in [0.15, 0.2) is 39.4 Å². The summed E-state index contributed by atoms with van der Waals surface area (Å²) in [6.45, 7) is 0. The summed E-state index contributed by atoms with van der Waals surface area (Å²) in [5.41, 5.74) is 6.62. The molecule has 2 aromatic heterocycles. The molecule has 132 valence electrons. The van der Waals surface area contributed by atoms with Gasteiger partial charge in [-0.25, -0.2) is 4.98 Å². The molecule has 3 aromatic rings. The molecule has 0 spiro atoms. The number of halogens is 2. The molecule has 25 heavy (non-hydrogen) atoms. The molecular formula is C17H18Cl2N4O2. The summed E-state index contributed by atoms with van der Waals surface area (Å²) in [5, 5.41) is 4.64. The largest absolute Gasteiger partial charge is 0.441 e. The Morgan fingerprint density at radius 2 is 1.92 bits per heavy atom. The first-order chi connectivity index (χ1) is 11.6. The van der Waals surface area contributed by atoms with Crippen LogP contribution in [-0.4, -0.2) is 15.1 Å². The van der Waals surface area contributed by atoms with E-state index in [0.29, 0.717) is 41.2 Å². The third-order valence-electron chi connectivity index (χ3n) is 4.40. The summed E-state index contributed by atoms with van der Waals surface area (Å²) in [6.07, 6.45) is 5.75. The molecule has 1 aliphatic rings. The molecule has 1 aliphatic carbocycles. The average Bonchev–Trinajstić information content (AvgIpc) is 3.20. The Hall–Kier alpha value is -1.89. The van der Waals surface area contributed by atoms with Crippen molar-refractivity contribution in [1.29, 1.82) is 0 Å². The number of oxazole rings is 1. The molecular weight excluding hydrogens is 363 g/mol. The van der Waals surface area contributed by atoms with Gasteiger partial charge in [-0.2, -0.15) is 4.98 Å². The third kappa shape index (κ3) is 3.56. The zero-order valence-electron chi connectivity index (χ0n) is 13.4. The maximum Gasteiger partial charge on any atom is 0.227 e. The molecule has 2 N–H and O–H groups in total. The molecule has 0 radical (unpaired) electrons. The Bertz CT molecular complexity index is 858. The van der Waals surface area contributed by atoms with Gasteiger partial charge >= 0.3 is 0 Å². The molecule has 0 bridgehead atoms. The van der Waals surface area contributed by atoms with E-state index in [2.05, 4.69) is 15.1 Å². The molecule has 8 heteroatoms. The first-order valence-corrected chi connectivity index (χ1v) is 8.33. The molecule has 0 unspecified atom stereocenters. The minimum absolute atomic E-state index is 0. The summed E-state index contributed by atoms with van der Waals surface area (Å²) in [5.74, 6) is 2.42. The Balaban J connectivity index is 0.00000182. The highest BCUT2D eigenvalue weighted by molar-refractivity contribution is 6.33. The van der Waals surface area contributed by atoms with Crippen molar-refractivity contribution in [2.45, 2.75) is 37.6 Å². The molecule has 0 atom stereocenters. The minimum atomic E-state index is -0.401. The van der Waals surface area contributed by atoms with Gasteiger partial charge in [-0.15, -0.1) is 12.4 Å². The second-order valence-corrected chi connectivity index (χ2v) is 6.53. The van der Waals surface area contributed by atoms with Crippen LogP contribution < -0.4 is 5.73 Å². The fourth-order valence-corrected chi connectivity index (χ4v) is 2.99. The van der Waals surface area contributed by atoms with Crippen molar-refractivity contribution in [2.75, 3.05) is 0 Å². The number of aryl methyl sites for hydroxylation is 2. The lowest BCUT2D eigenvalue weighted by Gasteiger charge is -2.34. The fraction of sp³-hybridized carbons (Fsp3) is 0.353. The number of hydrogen-bond acceptors (Lipinski definition) is 6. The Morgan fingerprint density at radius 3 is 2.64 bits per heavy atom. The van der Waals surface area contributed by atoms with Crippen LogP contribution >= 0.6 is 24.0 Å². The van der Waals surface area contributed by atoms with Crippen LogP contribution in [0.25, 0.3) is 11.3 Å². The van der Waals surface area contributed by atoms with Gasteiger partial charge < -0.3 is 14.7 Å². The van der Waals surface area contributed by atoms with Crippen LogP contribution in [0.3, 0.4) is 0 Å². The van der Waals surface area contributed by atoms with Crippen LogP contribution in [0, 0.1) is 0 Å². The number of benzene rings is 1. The highest BCUT2D eigenvalue weighted by Crippen LogP contribution is 2.37. The molecule has 0 amide bonds. The summed E-state index contributed by atoms with van der Waals surface area (Å²) in [6, 6.07) is 7.51. The molecule has 1 fully saturated rings. The van der Waals surface area contributed by atoms with Crippen LogP contribution in [0.2, 0.25) is 5.02 Å². The lowest BCUT2D eigenvalue weighted by atomic mass is 9.77. The summed E-state index contributed by atoms with van der Waals surface area (Å²) in [4.78, 5) is 8.70. The van der Waals surface area contributed by atoms with E-state index < -0.39 is 5.54 Å². The van der Waals surface area contributed by atoms with Gasteiger partial charge in [-0.05, 0) is 31.4 Å². The monoisotopic (exact) mass is 380 g/mol. The second-order valence-electron chi connectivity index (χ2n) is 6.12. The van der Waals surface area contributed by atoms with Gasteiger partial charge in [0.2, 0.25) is 5.89 Å². The van der Waals surface area contributed by atoms with Gasteiger partial charge in [0, 0.05) is 18.4 Å².